The molecule has 2 nitrogen and oxygen atoms in total. The molecule has 88 valence electrons. The van der Waals surface area contributed by atoms with E-state index in [0.29, 0.717) is 23.3 Å². The molecule has 0 spiro atoms. The van der Waals surface area contributed by atoms with Crippen LogP contribution in [0.1, 0.15) is 23.6 Å². The zero-order valence-electron chi connectivity index (χ0n) is 9.35. The van der Waals surface area contributed by atoms with Crippen molar-refractivity contribution in [3.63, 3.8) is 0 Å². The summed E-state index contributed by atoms with van der Waals surface area (Å²) in [5.41, 5.74) is 1.78. The van der Waals surface area contributed by atoms with Crippen molar-refractivity contribution in [2.24, 2.45) is 0 Å². The summed E-state index contributed by atoms with van der Waals surface area (Å²) in [7, 11) is 0. The highest BCUT2D eigenvalue weighted by Crippen LogP contribution is 2.18. The molecule has 1 aromatic carbocycles. The second kappa shape index (κ2) is 5.85. The molecule has 0 saturated carbocycles. The van der Waals surface area contributed by atoms with Gasteiger partial charge in [0.25, 0.3) is 0 Å². The van der Waals surface area contributed by atoms with Gasteiger partial charge in [-0.05, 0) is 36.6 Å². The van der Waals surface area contributed by atoms with Crippen LogP contribution in [0.4, 0.5) is 4.39 Å². The van der Waals surface area contributed by atoms with E-state index in [9.17, 15) is 9.18 Å². The van der Waals surface area contributed by atoms with Crippen LogP contribution in [0.2, 0.25) is 0 Å². The topological polar surface area (TPSA) is 26.3 Å². The second-order valence-electron chi connectivity index (χ2n) is 3.48. The Bertz CT molecular complexity index is 391. The number of hydrogen-bond acceptors (Lipinski definition) is 2. The highest BCUT2D eigenvalue weighted by Gasteiger charge is 2.11. The number of carbonyl (C=O) groups is 1. The summed E-state index contributed by atoms with van der Waals surface area (Å²) in [6.45, 7) is 3.71. The molecule has 0 aliphatic heterocycles. The minimum absolute atomic E-state index is 0.0846. The van der Waals surface area contributed by atoms with Crippen molar-refractivity contribution >= 4 is 17.6 Å². The Balaban J connectivity index is 2.94. The number of halogens is 2. The van der Waals surface area contributed by atoms with Gasteiger partial charge < -0.3 is 4.74 Å². The molecule has 0 saturated heterocycles. The van der Waals surface area contributed by atoms with Crippen molar-refractivity contribution in [3.05, 3.63) is 34.6 Å². The van der Waals surface area contributed by atoms with Crippen LogP contribution >= 0.6 is 11.6 Å². The molecule has 0 unspecified atom stereocenters. The predicted octanol–water partition coefficient (Wildman–Crippen LogP) is 2.98. The zero-order valence-corrected chi connectivity index (χ0v) is 10.1. The van der Waals surface area contributed by atoms with Crippen molar-refractivity contribution in [1.82, 2.24) is 0 Å². The smallest absolute Gasteiger partial charge is 0.310 e. The highest BCUT2D eigenvalue weighted by molar-refractivity contribution is 6.17. The van der Waals surface area contributed by atoms with Crippen molar-refractivity contribution < 1.29 is 13.9 Å². The molecule has 0 atom stereocenters. The number of benzene rings is 1. The number of esters is 1. The predicted molar refractivity (Wildman–Crippen MR) is 61.0 cm³/mol. The molecule has 0 radical (unpaired) electrons. The molecular formula is C12H14ClFO2. The molecule has 0 N–H and O–H groups in total. The van der Waals surface area contributed by atoms with Gasteiger partial charge in [0.2, 0.25) is 0 Å². The van der Waals surface area contributed by atoms with E-state index in [2.05, 4.69) is 0 Å². The first-order valence-electron chi connectivity index (χ1n) is 5.08. The fourth-order valence-electron chi connectivity index (χ4n) is 1.43. The monoisotopic (exact) mass is 244 g/mol. The van der Waals surface area contributed by atoms with Crippen LogP contribution in [-0.4, -0.2) is 12.6 Å². The van der Waals surface area contributed by atoms with E-state index >= 15 is 0 Å². The average Bonchev–Trinajstić information content (AvgIpc) is 2.24. The largest absolute Gasteiger partial charge is 0.466 e. The molecule has 0 aromatic heterocycles. The summed E-state index contributed by atoms with van der Waals surface area (Å²) in [4.78, 5) is 11.3. The molecule has 16 heavy (non-hydrogen) atoms. The van der Waals surface area contributed by atoms with Gasteiger partial charge >= 0.3 is 5.97 Å². The summed E-state index contributed by atoms with van der Waals surface area (Å²) in [5, 5.41) is 0. The molecule has 0 fully saturated rings. The van der Waals surface area contributed by atoms with E-state index in [4.69, 9.17) is 16.3 Å². The Labute approximate surface area is 99.4 Å². The third-order valence-corrected chi connectivity index (χ3v) is 2.61. The minimum Gasteiger partial charge on any atom is -0.466 e. The lowest BCUT2D eigenvalue weighted by atomic mass is 10.0. The van der Waals surface area contributed by atoms with Crippen LogP contribution in [0.3, 0.4) is 0 Å². The molecule has 0 heterocycles. The van der Waals surface area contributed by atoms with Crippen LogP contribution in [0.15, 0.2) is 12.1 Å². The summed E-state index contributed by atoms with van der Waals surface area (Å²) < 4.78 is 18.3. The van der Waals surface area contributed by atoms with E-state index in [1.807, 2.05) is 0 Å². The van der Waals surface area contributed by atoms with Gasteiger partial charge in [0, 0.05) is 5.88 Å². The van der Waals surface area contributed by atoms with Crippen molar-refractivity contribution in [2.45, 2.75) is 26.1 Å². The summed E-state index contributed by atoms with van der Waals surface area (Å²) in [6, 6.07) is 3.12. The van der Waals surface area contributed by atoms with E-state index in [1.54, 1.807) is 19.9 Å². The lowest BCUT2D eigenvalue weighted by Crippen LogP contribution is -2.09. The molecule has 1 aromatic rings. The normalized spacial score (nSPS) is 10.2. The summed E-state index contributed by atoms with van der Waals surface area (Å²) >= 11 is 5.64. The quantitative estimate of drug-likeness (QED) is 0.601. The summed E-state index contributed by atoms with van der Waals surface area (Å²) in [6.07, 6.45) is 0.0846. The van der Waals surface area contributed by atoms with Gasteiger partial charge in [-0.1, -0.05) is 6.07 Å². The van der Waals surface area contributed by atoms with Gasteiger partial charge in [-0.25, -0.2) is 4.39 Å². The number of rotatable bonds is 4. The number of hydrogen-bond donors (Lipinski definition) is 0. The third kappa shape index (κ3) is 3.20. The number of ether oxygens (including phenoxy) is 1. The first-order chi connectivity index (χ1) is 7.58. The Morgan fingerprint density at radius 3 is 2.75 bits per heavy atom. The molecular weight excluding hydrogens is 231 g/mol. The molecule has 4 heteroatoms. The first-order valence-corrected chi connectivity index (χ1v) is 5.61. The Morgan fingerprint density at radius 2 is 2.19 bits per heavy atom. The van der Waals surface area contributed by atoms with E-state index in [0.717, 1.165) is 0 Å². The Kier molecular flexibility index (Phi) is 4.74. The van der Waals surface area contributed by atoms with Gasteiger partial charge in [-0.15, -0.1) is 11.6 Å². The lowest BCUT2D eigenvalue weighted by molar-refractivity contribution is -0.142. The highest BCUT2D eigenvalue weighted by atomic mass is 35.5. The lowest BCUT2D eigenvalue weighted by Gasteiger charge is -2.08. The fraction of sp³-hybridized carbons (Fsp3) is 0.417. The SMILES string of the molecule is CCOC(=O)Cc1cc(CCl)cc(F)c1C. The molecule has 0 bridgehead atoms. The van der Waals surface area contributed by atoms with Gasteiger partial charge in [-0.3, -0.25) is 4.79 Å². The van der Waals surface area contributed by atoms with Crippen LogP contribution in [-0.2, 0) is 21.8 Å². The first kappa shape index (κ1) is 13.0. The van der Waals surface area contributed by atoms with Crippen molar-refractivity contribution in [3.8, 4) is 0 Å². The minimum atomic E-state index is -0.350. The van der Waals surface area contributed by atoms with Gasteiger partial charge in [0.15, 0.2) is 0 Å². The van der Waals surface area contributed by atoms with Crippen LogP contribution in [0.25, 0.3) is 0 Å². The average molecular weight is 245 g/mol. The van der Waals surface area contributed by atoms with Crippen molar-refractivity contribution in [2.75, 3.05) is 6.61 Å². The standard InChI is InChI=1S/C12H14ClFO2/c1-3-16-12(15)6-10-4-9(7-13)5-11(14)8(10)2/h4-5H,3,6-7H2,1-2H3. The van der Waals surface area contributed by atoms with Crippen LogP contribution < -0.4 is 0 Å². The second-order valence-corrected chi connectivity index (χ2v) is 3.74. The maximum atomic E-state index is 13.5. The van der Waals surface area contributed by atoms with Gasteiger partial charge in [0.05, 0.1) is 13.0 Å². The Morgan fingerprint density at radius 1 is 1.50 bits per heavy atom. The zero-order chi connectivity index (χ0) is 12.1. The fourth-order valence-corrected chi connectivity index (χ4v) is 1.58. The van der Waals surface area contributed by atoms with Crippen LogP contribution in [0.5, 0.6) is 0 Å². The maximum absolute atomic E-state index is 13.5. The number of carbonyl (C=O) groups excluding carboxylic acids is 1. The van der Waals surface area contributed by atoms with Crippen molar-refractivity contribution in [1.29, 1.82) is 0 Å². The molecule has 1 rings (SSSR count). The maximum Gasteiger partial charge on any atom is 0.310 e. The number of alkyl halides is 1. The van der Waals surface area contributed by atoms with E-state index in [1.165, 1.54) is 6.07 Å². The molecule has 0 amide bonds. The van der Waals surface area contributed by atoms with Crippen LogP contribution in [0, 0.1) is 12.7 Å². The van der Waals surface area contributed by atoms with E-state index < -0.39 is 0 Å². The summed E-state index contributed by atoms with van der Waals surface area (Å²) in [5.74, 6) is -0.457. The van der Waals surface area contributed by atoms with Gasteiger partial charge in [-0.2, -0.15) is 0 Å². The van der Waals surface area contributed by atoms with Gasteiger partial charge in [0.1, 0.15) is 5.82 Å². The third-order valence-electron chi connectivity index (χ3n) is 2.31. The Hall–Kier alpha value is -1.09. The molecule has 0 aliphatic carbocycles. The van der Waals surface area contributed by atoms with E-state index in [-0.39, 0.29) is 24.1 Å². The molecule has 0 aliphatic rings.